The Morgan fingerprint density at radius 3 is 2.17 bits per heavy atom. The van der Waals surface area contributed by atoms with Gasteiger partial charge in [0.15, 0.2) is 0 Å². The summed E-state index contributed by atoms with van der Waals surface area (Å²) in [4.78, 5) is 35.8. The number of hydrogen-bond donors (Lipinski definition) is 3. The van der Waals surface area contributed by atoms with Crippen molar-refractivity contribution in [2.75, 3.05) is 17.2 Å². The molecule has 0 bridgehead atoms. The minimum Gasteiger partial charge on any atom is -0.494 e. The molecular formula is C22H24N2O5S. The van der Waals surface area contributed by atoms with Crippen molar-refractivity contribution in [1.82, 2.24) is 0 Å². The number of nitrogens with one attached hydrogen (secondary N) is 2. The van der Waals surface area contributed by atoms with Gasteiger partial charge in [-0.15, -0.1) is 11.8 Å². The SMILES string of the molecule is CCOc1ccc(NC(=O)[C@H](C)Sc2ccc(NC(=O)/C=C(/C)C(=O)O)cc2)cc1. The summed E-state index contributed by atoms with van der Waals surface area (Å²) in [6.07, 6.45) is 1.03. The summed E-state index contributed by atoms with van der Waals surface area (Å²) in [5, 5.41) is 13.9. The van der Waals surface area contributed by atoms with Gasteiger partial charge in [0.2, 0.25) is 11.8 Å². The molecule has 3 N–H and O–H groups in total. The van der Waals surface area contributed by atoms with E-state index in [9.17, 15) is 14.4 Å². The lowest BCUT2D eigenvalue weighted by Gasteiger charge is -2.13. The zero-order chi connectivity index (χ0) is 22.1. The van der Waals surface area contributed by atoms with Gasteiger partial charge in [0.05, 0.1) is 11.9 Å². The minimum atomic E-state index is -1.14. The second kappa shape index (κ2) is 11.1. The standard InChI is InChI=1S/C22H24N2O5S/c1-4-29-18-9-5-17(6-10-18)24-21(26)15(3)30-19-11-7-16(8-12-19)23-20(25)13-14(2)22(27)28/h5-13,15H,4H2,1-3H3,(H,23,25)(H,24,26)(H,27,28)/b14-13-/t15-/m0/s1. The number of aliphatic carboxylic acids is 1. The van der Waals surface area contributed by atoms with Crippen LogP contribution in [0.25, 0.3) is 0 Å². The molecule has 7 nitrogen and oxygen atoms in total. The summed E-state index contributed by atoms with van der Waals surface area (Å²) >= 11 is 1.39. The maximum absolute atomic E-state index is 12.4. The molecule has 2 rings (SSSR count). The number of benzene rings is 2. The van der Waals surface area contributed by atoms with Gasteiger partial charge in [0.25, 0.3) is 0 Å². The van der Waals surface area contributed by atoms with Crippen LogP contribution < -0.4 is 15.4 Å². The molecule has 0 aromatic heterocycles. The number of hydrogen-bond acceptors (Lipinski definition) is 5. The van der Waals surface area contributed by atoms with Gasteiger partial charge in [-0.2, -0.15) is 0 Å². The van der Waals surface area contributed by atoms with Crippen LogP contribution in [-0.4, -0.2) is 34.7 Å². The highest BCUT2D eigenvalue weighted by molar-refractivity contribution is 8.00. The van der Waals surface area contributed by atoms with Crippen LogP contribution in [-0.2, 0) is 14.4 Å². The molecule has 0 aliphatic heterocycles. The quantitative estimate of drug-likeness (QED) is 0.409. The number of thioether (sulfide) groups is 1. The van der Waals surface area contributed by atoms with Crippen molar-refractivity contribution in [3.8, 4) is 5.75 Å². The number of rotatable bonds is 9. The average molecular weight is 429 g/mol. The van der Waals surface area contributed by atoms with Crippen LogP contribution in [0.3, 0.4) is 0 Å². The lowest BCUT2D eigenvalue weighted by Crippen LogP contribution is -2.22. The smallest absolute Gasteiger partial charge is 0.331 e. The maximum atomic E-state index is 12.4. The number of carbonyl (C=O) groups excluding carboxylic acids is 2. The normalized spacial score (nSPS) is 12.0. The third kappa shape index (κ3) is 7.29. The fourth-order valence-corrected chi connectivity index (χ4v) is 3.22. The molecule has 30 heavy (non-hydrogen) atoms. The highest BCUT2D eigenvalue weighted by atomic mass is 32.2. The zero-order valence-electron chi connectivity index (χ0n) is 17.0. The highest BCUT2D eigenvalue weighted by Gasteiger charge is 2.15. The number of amides is 2. The largest absolute Gasteiger partial charge is 0.494 e. The van der Waals surface area contributed by atoms with Crippen molar-refractivity contribution in [3.63, 3.8) is 0 Å². The van der Waals surface area contributed by atoms with Crippen LogP contribution in [0.2, 0.25) is 0 Å². The first-order valence-electron chi connectivity index (χ1n) is 9.31. The van der Waals surface area contributed by atoms with E-state index in [1.807, 2.05) is 13.8 Å². The molecule has 1 atom stereocenters. The highest BCUT2D eigenvalue weighted by Crippen LogP contribution is 2.26. The number of ether oxygens (including phenoxy) is 1. The molecule has 0 heterocycles. The van der Waals surface area contributed by atoms with Crippen molar-refractivity contribution < 1.29 is 24.2 Å². The Balaban J connectivity index is 1.89. The molecule has 2 amide bonds. The Morgan fingerprint density at radius 2 is 1.60 bits per heavy atom. The molecule has 0 fully saturated rings. The number of carbonyl (C=O) groups is 3. The molecule has 0 saturated carbocycles. The lowest BCUT2D eigenvalue weighted by molar-refractivity contribution is -0.132. The van der Waals surface area contributed by atoms with Crippen LogP contribution in [0.15, 0.2) is 65.1 Å². The third-order valence-electron chi connectivity index (χ3n) is 3.92. The predicted molar refractivity (Wildman–Crippen MR) is 118 cm³/mol. The Labute approximate surface area is 179 Å². The Kier molecular flexibility index (Phi) is 8.49. The van der Waals surface area contributed by atoms with Crippen molar-refractivity contribution in [2.45, 2.75) is 30.9 Å². The van der Waals surface area contributed by atoms with E-state index in [-0.39, 0.29) is 16.7 Å². The van der Waals surface area contributed by atoms with Gasteiger partial charge in [-0.05, 0) is 69.3 Å². The average Bonchev–Trinajstić information content (AvgIpc) is 2.71. The van der Waals surface area contributed by atoms with E-state index in [0.717, 1.165) is 16.7 Å². The van der Waals surface area contributed by atoms with Crippen molar-refractivity contribution in [2.24, 2.45) is 0 Å². The molecule has 0 spiro atoms. The van der Waals surface area contributed by atoms with Gasteiger partial charge in [-0.25, -0.2) is 4.79 Å². The summed E-state index contributed by atoms with van der Waals surface area (Å²) < 4.78 is 5.38. The van der Waals surface area contributed by atoms with E-state index in [4.69, 9.17) is 9.84 Å². The molecule has 0 saturated heterocycles. The first kappa shape index (κ1) is 23.0. The van der Waals surface area contributed by atoms with Gasteiger partial charge >= 0.3 is 5.97 Å². The fourth-order valence-electron chi connectivity index (χ4n) is 2.36. The second-order valence-corrected chi connectivity index (χ2v) is 7.77. The first-order valence-corrected chi connectivity index (χ1v) is 10.2. The molecular weight excluding hydrogens is 404 g/mol. The number of carboxylic acid groups (broad SMARTS) is 1. The van der Waals surface area contributed by atoms with Gasteiger partial charge in [0.1, 0.15) is 5.75 Å². The number of carboxylic acids is 1. The molecule has 8 heteroatoms. The summed E-state index contributed by atoms with van der Waals surface area (Å²) in [7, 11) is 0. The second-order valence-electron chi connectivity index (χ2n) is 6.35. The summed E-state index contributed by atoms with van der Waals surface area (Å²) in [5.41, 5.74) is 1.18. The maximum Gasteiger partial charge on any atom is 0.331 e. The van der Waals surface area contributed by atoms with E-state index < -0.39 is 11.9 Å². The van der Waals surface area contributed by atoms with Crippen LogP contribution in [0.1, 0.15) is 20.8 Å². The molecule has 0 aliphatic rings. The van der Waals surface area contributed by atoms with Gasteiger partial charge in [-0.1, -0.05) is 0 Å². The molecule has 0 unspecified atom stereocenters. The van der Waals surface area contributed by atoms with E-state index in [0.29, 0.717) is 18.0 Å². The first-order chi connectivity index (χ1) is 14.3. The van der Waals surface area contributed by atoms with E-state index in [1.165, 1.54) is 18.7 Å². The van der Waals surface area contributed by atoms with Crippen LogP contribution >= 0.6 is 11.8 Å². The lowest BCUT2D eigenvalue weighted by atomic mass is 10.2. The predicted octanol–water partition coefficient (Wildman–Crippen LogP) is 4.17. The van der Waals surface area contributed by atoms with E-state index in [2.05, 4.69) is 10.6 Å². The van der Waals surface area contributed by atoms with Crippen molar-refractivity contribution in [1.29, 1.82) is 0 Å². The topological polar surface area (TPSA) is 105 Å². The Bertz CT molecular complexity index is 924. The number of anilines is 2. The Morgan fingerprint density at radius 1 is 1.03 bits per heavy atom. The van der Waals surface area contributed by atoms with E-state index >= 15 is 0 Å². The Hall–Kier alpha value is -3.26. The third-order valence-corrected chi connectivity index (χ3v) is 5.03. The molecule has 0 aliphatic carbocycles. The summed E-state index contributed by atoms with van der Waals surface area (Å²) in [5.74, 6) is -1.04. The van der Waals surface area contributed by atoms with Crippen LogP contribution in [0, 0.1) is 0 Å². The monoisotopic (exact) mass is 428 g/mol. The van der Waals surface area contributed by atoms with Gasteiger partial charge < -0.3 is 20.5 Å². The molecule has 2 aromatic rings. The van der Waals surface area contributed by atoms with Crippen molar-refractivity contribution >= 4 is 40.9 Å². The van der Waals surface area contributed by atoms with Crippen molar-refractivity contribution in [3.05, 3.63) is 60.2 Å². The zero-order valence-corrected chi connectivity index (χ0v) is 17.8. The fraction of sp³-hybridized carbons (Fsp3) is 0.227. The minimum absolute atomic E-state index is 0.0490. The van der Waals surface area contributed by atoms with Gasteiger partial charge in [-0.3, -0.25) is 9.59 Å². The summed E-state index contributed by atoms with van der Waals surface area (Å²) in [6.45, 7) is 5.65. The molecule has 2 aromatic carbocycles. The molecule has 0 radical (unpaired) electrons. The van der Waals surface area contributed by atoms with Crippen LogP contribution in [0.4, 0.5) is 11.4 Å². The van der Waals surface area contributed by atoms with Gasteiger partial charge in [0, 0.05) is 27.9 Å². The van der Waals surface area contributed by atoms with E-state index in [1.54, 1.807) is 48.5 Å². The van der Waals surface area contributed by atoms with Crippen LogP contribution in [0.5, 0.6) is 5.75 Å². The summed E-state index contributed by atoms with van der Waals surface area (Å²) in [6, 6.07) is 14.1. The molecule has 158 valence electrons.